The van der Waals surface area contributed by atoms with Crippen LogP contribution in [0.15, 0.2) is 110 Å². The van der Waals surface area contributed by atoms with Crippen LogP contribution in [0.1, 0.15) is 38.3 Å². The molecule has 0 saturated carbocycles. The lowest BCUT2D eigenvalue weighted by molar-refractivity contribution is -0.104. The van der Waals surface area contributed by atoms with E-state index in [1.54, 1.807) is 0 Å². The molecule has 4 nitrogen and oxygen atoms in total. The van der Waals surface area contributed by atoms with Crippen molar-refractivity contribution in [3.8, 4) is 0 Å². The van der Waals surface area contributed by atoms with Crippen LogP contribution in [0.5, 0.6) is 0 Å². The molecule has 0 unspecified atom stereocenters. The van der Waals surface area contributed by atoms with E-state index in [4.69, 9.17) is 16.4 Å². The lowest BCUT2D eigenvalue weighted by Gasteiger charge is -2.09. The van der Waals surface area contributed by atoms with Crippen LogP contribution < -0.4 is 0 Å². The molecule has 0 aliphatic carbocycles. The minimum absolute atomic E-state index is 0.639. The van der Waals surface area contributed by atoms with E-state index in [0.717, 1.165) is 30.0 Å². The van der Waals surface area contributed by atoms with Crippen molar-refractivity contribution in [1.82, 2.24) is 9.47 Å². The second-order valence-electron chi connectivity index (χ2n) is 9.38. The number of allylic oxidation sites excluding steroid dienone is 2. The van der Waals surface area contributed by atoms with Crippen LogP contribution in [0.2, 0.25) is 5.02 Å². The molecule has 0 N–H and O–H groups in total. The summed E-state index contributed by atoms with van der Waals surface area (Å²) in [7, 11) is 4.19. The standard InChI is InChI=1S/C17H22N2.C8H8O.C7H7Cl.C3H4O/c1-15-7-5-11-19(15)12-6-10-16-8-4-9-17(13-16)14-18(2)3;1-7-2-4-8(6-9)5-3-7;1-6-2-4-7(8)5-3-6;1-2-3-4/h4-11,13H,12,14H2,1-3H3;2-6H,1H3;2-5H,1H3;2-3H,1H2/b10-6+;;;. The zero-order chi connectivity index (χ0) is 29.8. The minimum Gasteiger partial charge on any atom is -0.348 e. The van der Waals surface area contributed by atoms with Gasteiger partial charge in [0.2, 0.25) is 0 Å². The van der Waals surface area contributed by atoms with Crippen LogP contribution in [-0.2, 0) is 17.9 Å². The van der Waals surface area contributed by atoms with Crippen LogP contribution in [0.25, 0.3) is 6.08 Å². The van der Waals surface area contributed by atoms with Crippen molar-refractivity contribution in [3.63, 3.8) is 0 Å². The largest absolute Gasteiger partial charge is 0.348 e. The molecule has 1 heterocycles. The van der Waals surface area contributed by atoms with Gasteiger partial charge in [0, 0.05) is 35.6 Å². The Balaban J connectivity index is 0.000000315. The second kappa shape index (κ2) is 20.0. The number of aromatic nitrogens is 1. The monoisotopic (exact) mass is 556 g/mol. The zero-order valence-electron chi connectivity index (χ0n) is 24.3. The Labute approximate surface area is 245 Å². The fraction of sp³-hybridized carbons (Fsp3) is 0.200. The quantitative estimate of drug-likeness (QED) is 0.169. The van der Waals surface area contributed by atoms with Crippen molar-refractivity contribution >= 4 is 30.2 Å². The molecule has 0 bridgehead atoms. The molecule has 3 aromatic carbocycles. The smallest absolute Gasteiger partial charge is 0.150 e. The van der Waals surface area contributed by atoms with Crippen LogP contribution >= 0.6 is 11.6 Å². The van der Waals surface area contributed by atoms with Gasteiger partial charge in [-0.15, -0.1) is 0 Å². The van der Waals surface area contributed by atoms with E-state index in [1.165, 1.54) is 34.0 Å². The Morgan fingerprint density at radius 2 is 1.43 bits per heavy atom. The van der Waals surface area contributed by atoms with E-state index in [1.807, 2.05) is 62.4 Å². The van der Waals surface area contributed by atoms with Gasteiger partial charge in [0.25, 0.3) is 0 Å². The molecular formula is C35H41ClN2O2. The van der Waals surface area contributed by atoms with Crippen molar-refractivity contribution in [2.45, 2.75) is 33.9 Å². The third-order valence-corrected chi connectivity index (χ3v) is 5.69. The summed E-state index contributed by atoms with van der Waals surface area (Å²) in [6.07, 6.45) is 9.20. The summed E-state index contributed by atoms with van der Waals surface area (Å²) in [5.41, 5.74) is 7.08. The third-order valence-electron chi connectivity index (χ3n) is 5.44. The Morgan fingerprint density at radius 3 is 1.90 bits per heavy atom. The van der Waals surface area contributed by atoms with Gasteiger partial charge in [0.05, 0.1) is 0 Å². The molecule has 40 heavy (non-hydrogen) atoms. The molecule has 0 fully saturated rings. The number of hydrogen-bond acceptors (Lipinski definition) is 3. The van der Waals surface area contributed by atoms with Gasteiger partial charge in [-0.3, -0.25) is 9.59 Å². The average Bonchev–Trinajstić information content (AvgIpc) is 3.36. The fourth-order valence-electron chi connectivity index (χ4n) is 3.35. The van der Waals surface area contributed by atoms with Gasteiger partial charge in [0.1, 0.15) is 12.6 Å². The first kappa shape index (κ1) is 34.0. The summed E-state index contributed by atoms with van der Waals surface area (Å²) in [6.45, 7) is 11.2. The Morgan fingerprint density at radius 1 is 0.825 bits per heavy atom. The average molecular weight is 557 g/mol. The van der Waals surface area contributed by atoms with Gasteiger partial charge >= 0.3 is 0 Å². The van der Waals surface area contributed by atoms with Crippen LogP contribution in [0, 0.1) is 20.8 Å². The highest BCUT2D eigenvalue weighted by atomic mass is 35.5. The van der Waals surface area contributed by atoms with E-state index >= 15 is 0 Å². The van der Waals surface area contributed by atoms with Crippen LogP contribution in [-0.4, -0.2) is 36.1 Å². The maximum Gasteiger partial charge on any atom is 0.150 e. The molecule has 0 aliphatic rings. The number of benzene rings is 3. The molecule has 0 saturated heterocycles. The maximum atomic E-state index is 10.1. The number of rotatable bonds is 7. The molecule has 0 radical (unpaired) electrons. The third kappa shape index (κ3) is 15.4. The summed E-state index contributed by atoms with van der Waals surface area (Å²) in [6, 6.07) is 28.1. The van der Waals surface area contributed by atoms with Crippen LogP contribution in [0.4, 0.5) is 0 Å². The molecule has 0 spiro atoms. The summed E-state index contributed by atoms with van der Waals surface area (Å²) in [5.74, 6) is 0. The molecule has 1 aromatic heterocycles. The number of nitrogens with zero attached hydrogens (tertiary/aromatic N) is 2. The van der Waals surface area contributed by atoms with Crippen molar-refractivity contribution < 1.29 is 9.59 Å². The molecule has 0 aliphatic heterocycles. The number of carbonyl (C=O) groups is 2. The predicted molar refractivity (Wildman–Crippen MR) is 171 cm³/mol. The summed E-state index contributed by atoms with van der Waals surface area (Å²) in [4.78, 5) is 21.4. The van der Waals surface area contributed by atoms with E-state index in [-0.39, 0.29) is 0 Å². The molecule has 210 valence electrons. The van der Waals surface area contributed by atoms with Crippen LogP contribution in [0.3, 0.4) is 0 Å². The number of halogens is 1. The summed E-state index contributed by atoms with van der Waals surface area (Å²) in [5, 5.41) is 0.801. The summed E-state index contributed by atoms with van der Waals surface area (Å²) >= 11 is 5.61. The SMILES string of the molecule is C=CC=O.Cc1ccc(C=O)cc1.Cc1ccc(Cl)cc1.Cc1cccn1C/C=C/c1cccc(CN(C)C)c1. The topological polar surface area (TPSA) is 42.3 Å². The lowest BCUT2D eigenvalue weighted by Crippen LogP contribution is -2.10. The highest BCUT2D eigenvalue weighted by molar-refractivity contribution is 6.30. The molecule has 4 rings (SSSR count). The Kier molecular flexibility index (Phi) is 17.0. The molecular weight excluding hydrogens is 516 g/mol. The van der Waals surface area contributed by atoms with E-state index in [9.17, 15) is 4.79 Å². The second-order valence-corrected chi connectivity index (χ2v) is 9.82. The van der Waals surface area contributed by atoms with Gasteiger partial charge < -0.3 is 9.47 Å². The Hall–Kier alpha value is -3.99. The minimum atomic E-state index is 0.639. The van der Waals surface area contributed by atoms with E-state index in [2.05, 4.69) is 91.8 Å². The molecule has 4 aromatic rings. The van der Waals surface area contributed by atoms with Crippen molar-refractivity contribution in [2.24, 2.45) is 0 Å². The normalized spacial score (nSPS) is 9.88. The van der Waals surface area contributed by atoms with E-state index in [0.29, 0.717) is 6.29 Å². The molecule has 5 heteroatoms. The van der Waals surface area contributed by atoms with Gasteiger partial charge in [0.15, 0.2) is 0 Å². The number of hydrogen-bond donors (Lipinski definition) is 0. The van der Waals surface area contributed by atoms with Gasteiger partial charge in [-0.05, 0) is 76.3 Å². The lowest BCUT2D eigenvalue weighted by atomic mass is 10.1. The van der Waals surface area contributed by atoms with Crippen molar-refractivity contribution in [3.05, 3.63) is 148 Å². The van der Waals surface area contributed by atoms with E-state index < -0.39 is 0 Å². The van der Waals surface area contributed by atoms with Crippen molar-refractivity contribution in [2.75, 3.05) is 14.1 Å². The van der Waals surface area contributed by atoms with Gasteiger partial charge in [-0.25, -0.2) is 0 Å². The van der Waals surface area contributed by atoms with Gasteiger partial charge in [-0.1, -0.05) is 102 Å². The predicted octanol–water partition coefficient (Wildman–Crippen LogP) is 8.40. The fourth-order valence-corrected chi connectivity index (χ4v) is 3.47. The first-order chi connectivity index (χ1) is 19.2. The Bertz CT molecular complexity index is 1280. The molecule has 0 atom stereocenters. The molecule has 0 amide bonds. The maximum absolute atomic E-state index is 10.1. The van der Waals surface area contributed by atoms with Crippen molar-refractivity contribution in [1.29, 1.82) is 0 Å². The number of carbonyl (C=O) groups excluding carboxylic acids is 2. The first-order valence-corrected chi connectivity index (χ1v) is 13.4. The first-order valence-electron chi connectivity index (χ1n) is 13.0. The number of aryl methyl sites for hydroxylation is 3. The van der Waals surface area contributed by atoms with Gasteiger partial charge in [-0.2, -0.15) is 0 Å². The zero-order valence-corrected chi connectivity index (χ0v) is 25.0. The summed E-state index contributed by atoms with van der Waals surface area (Å²) < 4.78 is 2.24. The number of aldehydes is 2. The highest BCUT2D eigenvalue weighted by Gasteiger charge is 1.96. The highest BCUT2D eigenvalue weighted by Crippen LogP contribution is 2.10.